The first-order valence-corrected chi connectivity index (χ1v) is 10.4. The van der Waals surface area contributed by atoms with Crippen molar-refractivity contribution in [2.24, 2.45) is 16.6 Å². The molecule has 9 nitrogen and oxygen atoms in total. The standard InChI is InChI=1S/C17H30ClN7O2/c18-10-6-22-16-14(15(19)24-25(16)9-10)17(26)23-12-8-21-5-3-13(12)27-11-2-1-4-20-7-11/h7,10-16,21-22,24H,1-6,8-9,19H2,(H,23,26). The highest BCUT2D eigenvalue weighted by Gasteiger charge is 2.47. The van der Waals surface area contributed by atoms with Crippen molar-refractivity contribution in [3.63, 3.8) is 0 Å². The molecule has 7 atom stereocenters. The van der Waals surface area contributed by atoms with Gasteiger partial charge >= 0.3 is 0 Å². The van der Waals surface area contributed by atoms with E-state index in [1.165, 1.54) is 0 Å². The molecule has 0 aromatic rings. The molecule has 0 saturated carbocycles. The Bertz CT molecular complexity index is 565. The van der Waals surface area contributed by atoms with Crippen molar-refractivity contribution in [3.05, 3.63) is 0 Å². The predicted molar refractivity (Wildman–Crippen MR) is 103 cm³/mol. The Morgan fingerprint density at radius 3 is 3.07 bits per heavy atom. The Balaban J connectivity index is 1.38. The minimum absolute atomic E-state index is 0.000226. The number of rotatable bonds is 4. The fraction of sp³-hybridized carbons (Fsp3) is 0.882. The maximum Gasteiger partial charge on any atom is 0.229 e. The molecule has 4 rings (SSSR count). The summed E-state index contributed by atoms with van der Waals surface area (Å²) in [5.41, 5.74) is 9.38. The highest BCUT2D eigenvalue weighted by molar-refractivity contribution is 6.21. The molecule has 0 bridgehead atoms. The van der Waals surface area contributed by atoms with E-state index in [9.17, 15) is 4.79 Å². The fourth-order valence-corrected chi connectivity index (χ4v) is 4.62. The number of carbonyl (C=O) groups is 1. The normalized spacial score (nSPS) is 42.7. The van der Waals surface area contributed by atoms with Crippen LogP contribution in [-0.2, 0) is 9.53 Å². The van der Waals surface area contributed by atoms with E-state index in [0.29, 0.717) is 19.6 Å². The average Bonchev–Trinajstić information content (AvgIpc) is 2.99. The van der Waals surface area contributed by atoms with Gasteiger partial charge in [0.05, 0.1) is 41.9 Å². The first-order valence-electron chi connectivity index (χ1n) is 9.94. The van der Waals surface area contributed by atoms with E-state index in [0.717, 1.165) is 32.4 Å². The van der Waals surface area contributed by atoms with Crippen molar-refractivity contribution in [1.82, 2.24) is 26.4 Å². The van der Waals surface area contributed by atoms with E-state index in [1.807, 2.05) is 11.2 Å². The molecule has 1 amide bonds. The van der Waals surface area contributed by atoms with Crippen molar-refractivity contribution < 1.29 is 9.53 Å². The minimum atomic E-state index is -0.439. The number of aliphatic imine (C=N–C) groups is 1. The lowest BCUT2D eigenvalue weighted by atomic mass is 9.98. The van der Waals surface area contributed by atoms with Gasteiger partial charge in [-0.25, -0.2) is 10.4 Å². The highest BCUT2D eigenvalue weighted by atomic mass is 35.5. The van der Waals surface area contributed by atoms with Gasteiger partial charge in [0.25, 0.3) is 0 Å². The molecule has 7 unspecified atom stereocenters. The third-order valence-electron chi connectivity index (χ3n) is 5.77. The molecule has 6 N–H and O–H groups in total. The van der Waals surface area contributed by atoms with Crippen LogP contribution in [0.25, 0.3) is 0 Å². The summed E-state index contributed by atoms with van der Waals surface area (Å²) in [4.78, 5) is 17.4. The van der Waals surface area contributed by atoms with Gasteiger partial charge in [-0.05, 0) is 25.8 Å². The minimum Gasteiger partial charge on any atom is -0.367 e. The molecule has 4 aliphatic heterocycles. The lowest BCUT2D eigenvalue weighted by molar-refractivity contribution is -0.129. The van der Waals surface area contributed by atoms with Crippen LogP contribution < -0.4 is 27.1 Å². The van der Waals surface area contributed by atoms with Crippen LogP contribution in [0.5, 0.6) is 0 Å². The largest absolute Gasteiger partial charge is 0.367 e. The zero-order chi connectivity index (χ0) is 18.8. The van der Waals surface area contributed by atoms with E-state index in [-0.39, 0.29) is 41.6 Å². The Kier molecular flexibility index (Phi) is 6.28. The summed E-state index contributed by atoms with van der Waals surface area (Å²) in [6, 6.07) is -0.0767. The van der Waals surface area contributed by atoms with Crippen LogP contribution in [0.3, 0.4) is 0 Å². The number of ether oxygens (including phenoxy) is 1. The summed E-state index contributed by atoms with van der Waals surface area (Å²) in [6.45, 7) is 3.79. The van der Waals surface area contributed by atoms with Gasteiger partial charge in [0.1, 0.15) is 0 Å². The topological polar surface area (TPSA) is 116 Å². The van der Waals surface area contributed by atoms with Crippen molar-refractivity contribution >= 4 is 23.7 Å². The first kappa shape index (κ1) is 19.5. The Hall–Kier alpha value is -0.810. The van der Waals surface area contributed by atoms with Gasteiger partial charge in [0.2, 0.25) is 5.91 Å². The van der Waals surface area contributed by atoms with Crippen LogP contribution in [0, 0.1) is 5.92 Å². The van der Waals surface area contributed by atoms with Crippen molar-refractivity contribution in [2.75, 3.05) is 32.7 Å². The number of carbonyl (C=O) groups excluding carboxylic acids is 1. The van der Waals surface area contributed by atoms with Crippen molar-refractivity contribution in [2.45, 2.75) is 55.2 Å². The summed E-state index contributed by atoms with van der Waals surface area (Å²) in [5.74, 6) is -0.435. The molecule has 0 radical (unpaired) electrons. The van der Waals surface area contributed by atoms with Gasteiger partial charge in [-0.3, -0.25) is 15.1 Å². The second-order valence-electron chi connectivity index (χ2n) is 7.80. The smallest absolute Gasteiger partial charge is 0.229 e. The number of piperidine rings is 1. The molecule has 3 saturated heterocycles. The number of nitrogens with one attached hydrogen (secondary N) is 4. The lowest BCUT2D eigenvalue weighted by Crippen LogP contribution is -2.61. The summed E-state index contributed by atoms with van der Waals surface area (Å²) < 4.78 is 6.26. The van der Waals surface area contributed by atoms with E-state index in [1.54, 1.807) is 0 Å². The third kappa shape index (κ3) is 4.45. The first-order chi connectivity index (χ1) is 13.1. The second kappa shape index (κ2) is 8.69. The van der Waals surface area contributed by atoms with Crippen LogP contribution in [0.2, 0.25) is 0 Å². The Labute approximate surface area is 164 Å². The maximum atomic E-state index is 13.1. The average molecular weight is 400 g/mol. The number of hydrogen-bond acceptors (Lipinski definition) is 8. The maximum absolute atomic E-state index is 13.1. The molecule has 3 fully saturated rings. The molecule has 10 heteroatoms. The lowest BCUT2D eigenvalue weighted by Gasteiger charge is -2.37. The zero-order valence-corrected chi connectivity index (χ0v) is 16.2. The molecular weight excluding hydrogens is 370 g/mol. The number of nitrogens with zero attached hydrogens (tertiary/aromatic N) is 2. The SMILES string of the molecule is NC1NN2CC(Cl)CNC2C1C(=O)NC1CNCCC1OC1C=NCCC1. The molecule has 4 aliphatic rings. The van der Waals surface area contributed by atoms with Gasteiger partial charge < -0.3 is 21.1 Å². The number of halogens is 1. The second-order valence-corrected chi connectivity index (χ2v) is 8.42. The Morgan fingerprint density at radius 2 is 2.26 bits per heavy atom. The quantitative estimate of drug-likeness (QED) is 0.359. The number of amides is 1. The van der Waals surface area contributed by atoms with Gasteiger partial charge in [-0.2, -0.15) is 0 Å². The monoisotopic (exact) mass is 399 g/mol. The number of hydrazine groups is 1. The highest BCUT2D eigenvalue weighted by Crippen LogP contribution is 2.23. The van der Waals surface area contributed by atoms with E-state index in [2.05, 4.69) is 26.4 Å². The van der Waals surface area contributed by atoms with Gasteiger partial charge in [-0.15, -0.1) is 11.6 Å². The van der Waals surface area contributed by atoms with Gasteiger partial charge in [0.15, 0.2) is 0 Å². The molecule has 0 aromatic heterocycles. The fourth-order valence-electron chi connectivity index (χ4n) is 4.38. The van der Waals surface area contributed by atoms with Crippen LogP contribution in [0.15, 0.2) is 4.99 Å². The summed E-state index contributed by atoms with van der Waals surface area (Å²) >= 11 is 6.20. The number of hydrogen-bond donors (Lipinski definition) is 5. The molecule has 0 spiro atoms. The molecule has 152 valence electrons. The number of alkyl halides is 1. The van der Waals surface area contributed by atoms with E-state index < -0.39 is 6.17 Å². The van der Waals surface area contributed by atoms with E-state index >= 15 is 0 Å². The zero-order valence-electron chi connectivity index (χ0n) is 15.4. The predicted octanol–water partition coefficient (Wildman–Crippen LogP) is -1.66. The third-order valence-corrected chi connectivity index (χ3v) is 6.06. The van der Waals surface area contributed by atoms with E-state index in [4.69, 9.17) is 22.1 Å². The van der Waals surface area contributed by atoms with Crippen LogP contribution in [0.1, 0.15) is 19.3 Å². The van der Waals surface area contributed by atoms with Gasteiger partial charge in [0, 0.05) is 32.4 Å². The molecule has 4 heterocycles. The van der Waals surface area contributed by atoms with Crippen molar-refractivity contribution in [3.8, 4) is 0 Å². The van der Waals surface area contributed by atoms with Crippen LogP contribution in [-0.4, -0.2) is 85.8 Å². The van der Waals surface area contributed by atoms with Crippen LogP contribution in [0.4, 0.5) is 0 Å². The molecule has 0 aliphatic carbocycles. The van der Waals surface area contributed by atoms with Crippen LogP contribution >= 0.6 is 11.6 Å². The number of nitrogens with two attached hydrogens (primary N) is 1. The molecule has 0 aromatic carbocycles. The summed E-state index contributed by atoms with van der Waals surface area (Å²) in [6.07, 6.45) is 4.27. The summed E-state index contributed by atoms with van der Waals surface area (Å²) in [5, 5.41) is 11.8. The number of fused-ring (bicyclic) bond motifs is 1. The van der Waals surface area contributed by atoms with Crippen molar-refractivity contribution in [1.29, 1.82) is 0 Å². The van der Waals surface area contributed by atoms with Gasteiger partial charge in [-0.1, -0.05) is 0 Å². The Morgan fingerprint density at radius 1 is 1.37 bits per heavy atom. The molecular formula is C17H30ClN7O2. The molecule has 27 heavy (non-hydrogen) atoms. The summed E-state index contributed by atoms with van der Waals surface area (Å²) in [7, 11) is 0.